The third kappa shape index (κ3) is 8.20. The second-order valence-electron chi connectivity index (χ2n) is 5.26. The Hall–Kier alpha value is -1.75. The molecule has 3 N–H and O–H groups in total. The maximum Gasteiger partial charge on any atom is 0.243 e. The van der Waals surface area contributed by atoms with Crippen molar-refractivity contribution in [3.8, 4) is 12.3 Å². The van der Waals surface area contributed by atoms with Gasteiger partial charge < -0.3 is 16.0 Å². The van der Waals surface area contributed by atoms with Crippen molar-refractivity contribution < 1.29 is 4.79 Å². The van der Waals surface area contributed by atoms with Crippen LogP contribution in [0.25, 0.3) is 0 Å². The number of benzene rings is 1. The molecule has 0 aliphatic rings. The largest absolute Gasteiger partial charge is 0.356 e. The first-order valence-corrected chi connectivity index (χ1v) is 7.93. The Morgan fingerprint density at radius 1 is 1.29 bits per heavy atom. The van der Waals surface area contributed by atoms with E-state index in [4.69, 9.17) is 6.42 Å². The number of anilines is 1. The quantitative estimate of drug-likeness (QED) is 0.263. The van der Waals surface area contributed by atoms with Gasteiger partial charge in [-0.2, -0.15) is 0 Å². The molecule has 0 spiro atoms. The molecule has 0 aromatic heterocycles. The van der Waals surface area contributed by atoms with Gasteiger partial charge in [0.1, 0.15) is 0 Å². The standard InChI is InChI=1S/C18H26N4O.HI/c1-5-14(6-2)12-20-18(19-4)21-13-17(23)22-16-10-8-9-15(7-3)11-16;/h3,8-11,14H,5-6,12-13H2,1-2,4H3,(H,22,23)(H2,19,20,21);1H. The lowest BCUT2D eigenvalue weighted by Crippen LogP contribution is -2.43. The fourth-order valence-corrected chi connectivity index (χ4v) is 2.09. The SMILES string of the molecule is C#Cc1cccc(NC(=O)CNC(=NC)NCC(CC)CC)c1.I. The smallest absolute Gasteiger partial charge is 0.243 e. The second kappa shape index (κ2) is 12.6. The molecular formula is C18H27IN4O. The Morgan fingerprint density at radius 3 is 2.58 bits per heavy atom. The van der Waals surface area contributed by atoms with Crippen LogP contribution in [0.3, 0.4) is 0 Å². The summed E-state index contributed by atoms with van der Waals surface area (Å²) in [5, 5.41) is 9.05. The number of amides is 1. The summed E-state index contributed by atoms with van der Waals surface area (Å²) in [6, 6.07) is 7.20. The van der Waals surface area contributed by atoms with Gasteiger partial charge in [0.2, 0.25) is 5.91 Å². The number of carbonyl (C=O) groups excluding carboxylic acids is 1. The van der Waals surface area contributed by atoms with Gasteiger partial charge in [0, 0.05) is 24.8 Å². The number of halogens is 1. The van der Waals surface area contributed by atoms with Crippen LogP contribution in [-0.2, 0) is 4.79 Å². The van der Waals surface area contributed by atoms with E-state index < -0.39 is 0 Å². The van der Waals surface area contributed by atoms with Crippen LogP contribution < -0.4 is 16.0 Å². The van der Waals surface area contributed by atoms with E-state index in [1.165, 1.54) is 0 Å². The summed E-state index contributed by atoms with van der Waals surface area (Å²) in [6.07, 6.45) is 7.58. The molecule has 0 fully saturated rings. The molecule has 0 heterocycles. The van der Waals surface area contributed by atoms with Crippen molar-refractivity contribution in [3.63, 3.8) is 0 Å². The van der Waals surface area contributed by atoms with Crippen molar-refractivity contribution in [1.29, 1.82) is 0 Å². The molecule has 0 aliphatic heterocycles. The lowest BCUT2D eigenvalue weighted by molar-refractivity contribution is -0.115. The summed E-state index contributed by atoms with van der Waals surface area (Å²) in [5.41, 5.74) is 1.42. The summed E-state index contributed by atoms with van der Waals surface area (Å²) in [7, 11) is 1.69. The molecular weight excluding hydrogens is 415 g/mol. The minimum atomic E-state index is -0.148. The number of terminal acetylenes is 1. The summed E-state index contributed by atoms with van der Waals surface area (Å²) in [6.45, 7) is 5.33. The van der Waals surface area contributed by atoms with E-state index in [0.29, 0.717) is 17.6 Å². The van der Waals surface area contributed by atoms with Crippen molar-refractivity contribution in [3.05, 3.63) is 29.8 Å². The lowest BCUT2D eigenvalue weighted by atomic mass is 10.0. The molecule has 0 saturated heterocycles. The van der Waals surface area contributed by atoms with Gasteiger partial charge in [0.15, 0.2) is 5.96 Å². The number of nitrogens with zero attached hydrogens (tertiary/aromatic N) is 1. The lowest BCUT2D eigenvalue weighted by Gasteiger charge is -2.16. The molecule has 0 radical (unpaired) electrons. The van der Waals surface area contributed by atoms with Crippen LogP contribution in [0.2, 0.25) is 0 Å². The summed E-state index contributed by atoms with van der Waals surface area (Å²) in [5.74, 6) is 3.63. The maximum atomic E-state index is 12.0. The average Bonchev–Trinajstić information content (AvgIpc) is 2.58. The Labute approximate surface area is 162 Å². The van der Waals surface area contributed by atoms with Crippen LogP contribution in [0, 0.1) is 18.3 Å². The number of guanidine groups is 1. The fraction of sp³-hybridized carbons (Fsp3) is 0.444. The third-order valence-electron chi connectivity index (χ3n) is 3.67. The number of rotatable bonds is 7. The first-order valence-electron chi connectivity index (χ1n) is 7.93. The van der Waals surface area contributed by atoms with Gasteiger partial charge in [-0.3, -0.25) is 9.79 Å². The van der Waals surface area contributed by atoms with Crippen LogP contribution in [0.1, 0.15) is 32.3 Å². The Bertz CT molecular complexity index is 577. The molecule has 6 heteroatoms. The zero-order valence-electron chi connectivity index (χ0n) is 14.6. The molecule has 0 unspecified atom stereocenters. The van der Waals surface area contributed by atoms with Gasteiger partial charge >= 0.3 is 0 Å². The number of nitrogens with one attached hydrogen (secondary N) is 3. The molecule has 0 bridgehead atoms. The van der Waals surface area contributed by atoms with Crippen molar-refractivity contribution >= 4 is 41.5 Å². The van der Waals surface area contributed by atoms with E-state index in [9.17, 15) is 4.79 Å². The molecule has 1 rings (SSSR count). The molecule has 1 aromatic carbocycles. The third-order valence-corrected chi connectivity index (χ3v) is 3.67. The van der Waals surface area contributed by atoms with Crippen LogP contribution in [0.4, 0.5) is 5.69 Å². The van der Waals surface area contributed by atoms with Crippen LogP contribution in [-0.4, -0.2) is 32.0 Å². The zero-order chi connectivity index (χ0) is 17.1. The highest BCUT2D eigenvalue weighted by Crippen LogP contribution is 2.09. The van der Waals surface area contributed by atoms with Gasteiger partial charge in [-0.05, 0) is 24.1 Å². The van der Waals surface area contributed by atoms with E-state index in [-0.39, 0.29) is 36.4 Å². The van der Waals surface area contributed by atoms with Crippen molar-refractivity contribution in [2.24, 2.45) is 10.9 Å². The molecule has 0 saturated carbocycles. The Balaban J connectivity index is 0.00000529. The topological polar surface area (TPSA) is 65.5 Å². The number of hydrogen-bond donors (Lipinski definition) is 3. The van der Waals surface area contributed by atoms with E-state index >= 15 is 0 Å². The maximum absolute atomic E-state index is 12.0. The van der Waals surface area contributed by atoms with Gasteiger partial charge in [-0.25, -0.2) is 0 Å². The van der Waals surface area contributed by atoms with E-state index in [1.54, 1.807) is 19.2 Å². The van der Waals surface area contributed by atoms with Gasteiger partial charge in [-0.1, -0.05) is 38.7 Å². The van der Waals surface area contributed by atoms with Gasteiger partial charge in [-0.15, -0.1) is 30.4 Å². The summed E-state index contributed by atoms with van der Waals surface area (Å²) >= 11 is 0. The first-order chi connectivity index (χ1) is 11.1. The minimum absolute atomic E-state index is 0. The molecule has 132 valence electrons. The highest BCUT2D eigenvalue weighted by Gasteiger charge is 2.07. The highest BCUT2D eigenvalue weighted by atomic mass is 127. The number of carbonyl (C=O) groups is 1. The van der Waals surface area contributed by atoms with E-state index in [2.05, 4.69) is 40.7 Å². The van der Waals surface area contributed by atoms with Crippen molar-refractivity contribution in [1.82, 2.24) is 10.6 Å². The van der Waals surface area contributed by atoms with Gasteiger partial charge in [0.25, 0.3) is 0 Å². The fourth-order valence-electron chi connectivity index (χ4n) is 2.09. The number of hydrogen-bond acceptors (Lipinski definition) is 2. The summed E-state index contributed by atoms with van der Waals surface area (Å²) < 4.78 is 0. The Morgan fingerprint density at radius 2 is 2.00 bits per heavy atom. The normalized spacial score (nSPS) is 10.5. The molecule has 5 nitrogen and oxygen atoms in total. The number of aliphatic imine (C=N–C) groups is 1. The molecule has 24 heavy (non-hydrogen) atoms. The van der Waals surface area contributed by atoms with Gasteiger partial charge in [0.05, 0.1) is 6.54 Å². The predicted molar refractivity (Wildman–Crippen MR) is 112 cm³/mol. The van der Waals surface area contributed by atoms with Crippen LogP contribution in [0.15, 0.2) is 29.3 Å². The van der Waals surface area contributed by atoms with Crippen molar-refractivity contribution in [2.75, 3.05) is 25.5 Å². The zero-order valence-corrected chi connectivity index (χ0v) is 16.9. The monoisotopic (exact) mass is 442 g/mol. The van der Waals surface area contributed by atoms with E-state index in [0.717, 1.165) is 24.9 Å². The minimum Gasteiger partial charge on any atom is -0.356 e. The Kier molecular flexibility index (Phi) is 11.7. The van der Waals surface area contributed by atoms with Crippen LogP contribution in [0.5, 0.6) is 0 Å². The second-order valence-corrected chi connectivity index (χ2v) is 5.26. The first kappa shape index (κ1) is 22.2. The highest BCUT2D eigenvalue weighted by molar-refractivity contribution is 14.0. The van der Waals surface area contributed by atoms with Crippen LogP contribution >= 0.6 is 24.0 Å². The van der Waals surface area contributed by atoms with Crippen molar-refractivity contribution in [2.45, 2.75) is 26.7 Å². The molecule has 0 aliphatic carbocycles. The molecule has 0 atom stereocenters. The average molecular weight is 442 g/mol. The summed E-state index contributed by atoms with van der Waals surface area (Å²) in [4.78, 5) is 16.1. The molecule has 1 aromatic rings. The predicted octanol–water partition coefficient (Wildman–Crippen LogP) is 2.83. The van der Waals surface area contributed by atoms with E-state index in [1.807, 2.05) is 12.1 Å². The molecule has 1 amide bonds.